The first-order valence-corrected chi connectivity index (χ1v) is 8.59. The van der Waals surface area contributed by atoms with Crippen LogP contribution >= 0.6 is 0 Å². The maximum atomic E-state index is 12.7. The van der Waals surface area contributed by atoms with E-state index in [4.69, 9.17) is 4.74 Å². The topological polar surface area (TPSA) is 139 Å². The number of hydrogen-bond donors (Lipinski definition) is 3. The summed E-state index contributed by atoms with van der Waals surface area (Å²) in [6.45, 7) is 0. The predicted molar refractivity (Wildman–Crippen MR) is 103 cm³/mol. The molecule has 0 fully saturated rings. The Morgan fingerprint density at radius 2 is 1.83 bits per heavy atom. The molecule has 0 aliphatic carbocycles. The summed E-state index contributed by atoms with van der Waals surface area (Å²) in [6, 6.07) is 8.50. The molecule has 1 aromatic carbocycles. The molecule has 0 bridgehead atoms. The van der Waals surface area contributed by atoms with Crippen LogP contribution in [0, 0.1) is 0 Å². The van der Waals surface area contributed by atoms with Crippen molar-refractivity contribution in [2.75, 3.05) is 14.2 Å². The lowest BCUT2D eigenvalue weighted by atomic mass is 9.88. The van der Waals surface area contributed by atoms with Crippen LogP contribution in [0.3, 0.4) is 0 Å². The number of carbonyl (C=O) groups excluding carboxylic acids is 2. The molecule has 29 heavy (non-hydrogen) atoms. The Labute approximate surface area is 163 Å². The molecule has 9 nitrogen and oxygen atoms in total. The lowest BCUT2D eigenvalue weighted by Crippen LogP contribution is -2.26. The molecule has 0 spiro atoms. The van der Waals surface area contributed by atoms with E-state index in [1.165, 1.54) is 13.2 Å². The SMILES string of the molecule is COC(=O)C[C@H](c1cc2ccccc2[nH]c1=O)c1c(O)c(C(=O)OC)c[nH]c1=O. The van der Waals surface area contributed by atoms with E-state index >= 15 is 0 Å². The monoisotopic (exact) mass is 398 g/mol. The van der Waals surface area contributed by atoms with Crippen molar-refractivity contribution in [1.29, 1.82) is 0 Å². The molecule has 2 heterocycles. The fraction of sp³-hybridized carbons (Fsp3) is 0.200. The summed E-state index contributed by atoms with van der Waals surface area (Å²) < 4.78 is 9.29. The first-order valence-electron chi connectivity index (χ1n) is 8.59. The number of nitrogens with one attached hydrogen (secondary N) is 2. The average molecular weight is 398 g/mol. The number of benzene rings is 1. The lowest BCUT2D eigenvalue weighted by molar-refractivity contribution is -0.140. The number of pyridine rings is 2. The Balaban J connectivity index is 2.29. The van der Waals surface area contributed by atoms with Crippen molar-refractivity contribution in [2.45, 2.75) is 12.3 Å². The highest BCUT2D eigenvalue weighted by molar-refractivity contribution is 5.92. The molecule has 2 aromatic heterocycles. The van der Waals surface area contributed by atoms with Crippen molar-refractivity contribution < 1.29 is 24.2 Å². The summed E-state index contributed by atoms with van der Waals surface area (Å²) in [4.78, 5) is 54.2. The van der Waals surface area contributed by atoms with Crippen LogP contribution in [0.4, 0.5) is 0 Å². The summed E-state index contributed by atoms with van der Waals surface area (Å²) in [6.07, 6.45) is 0.603. The molecule has 0 saturated carbocycles. The van der Waals surface area contributed by atoms with Gasteiger partial charge in [-0.05, 0) is 17.5 Å². The summed E-state index contributed by atoms with van der Waals surface area (Å²) in [5, 5.41) is 11.3. The van der Waals surface area contributed by atoms with Gasteiger partial charge in [-0.3, -0.25) is 14.4 Å². The number of aromatic amines is 2. The summed E-state index contributed by atoms with van der Waals surface area (Å²) in [5.74, 6) is -3.42. The third-order valence-corrected chi connectivity index (χ3v) is 4.61. The van der Waals surface area contributed by atoms with Crippen LogP contribution in [0.5, 0.6) is 5.75 Å². The van der Waals surface area contributed by atoms with Gasteiger partial charge in [0, 0.05) is 23.2 Å². The van der Waals surface area contributed by atoms with Gasteiger partial charge in [0.05, 0.1) is 26.2 Å². The van der Waals surface area contributed by atoms with E-state index in [1.807, 2.05) is 0 Å². The summed E-state index contributed by atoms with van der Waals surface area (Å²) in [7, 11) is 2.28. The molecule has 3 N–H and O–H groups in total. The Morgan fingerprint density at radius 3 is 2.52 bits per heavy atom. The predicted octanol–water partition coefficient (Wildman–Crippen LogP) is 1.40. The lowest BCUT2D eigenvalue weighted by Gasteiger charge is -2.18. The Hall–Kier alpha value is -3.88. The molecule has 150 valence electrons. The molecular formula is C20H18N2O7. The molecule has 0 aliphatic heterocycles. The van der Waals surface area contributed by atoms with Crippen molar-refractivity contribution in [3.8, 4) is 5.75 Å². The molecule has 0 amide bonds. The van der Waals surface area contributed by atoms with Gasteiger partial charge in [-0.1, -0.05) is 18.2 Å². The number of hydrogen-bond acceptors (Lipinski definition) is 7. The Morgan fingerprint density at radius 1 is 1.10 bits per heavy atom. The highest BCUT2D eigenvalue weighted by Crippen LogP contribution is 2.33. The fourth-order valence-corrected chi connectivity index (χ4v) is 3.17. The minimum Gasteiger partial charge on any atom is -0.506 e. The minimum absolute atomic E-state index is 0.0666. The zero-order chi connectivity index (χ0) is 21.1. The molecule has 0 radical (unpaired) electrons. The van der Waals surface area contributed by atoms with Gasteiger partial charge in [-0.25, -0.2) is 4.79 Å². The van der Waals surface area contributed by atoms with Crippen LogP contribution in [0.25, 0.3) is 10.9 Å². The van der Waals surface area contributed by atoms with Gasteiger partial charge in [0.1, 0.15) is 11.3 Å². The number of ether oxygens (including phenoxy) is 2. The third-order valence-electron chi connectivity index (χ3n) is 4.61. The van der Waals surface area contributed by atoms with Crippen molar-refractivity contribution in [2.24, 2.45) is 0 Å². The molecule has 0 unspecified atom stereocenters. The zero-order valence-corrected chi connectivity index (χ0v) is 15.6. The van der Waals surface area contributed by atoms with Crippen LogP contribution < -0.4 is 11.1 Å². The molecule has 3 aromatic rings. The number of esters is 2. The molecule has 3 rings (SSSR count). The molecule has 0 aliphatic rings. The highest BCUT2D eigenvalue weighted by atomic mass is 16.5. The Bertz CT molecular complexity index is 1210. The molecule has 9 heteroatoms. The molecule has 0 saturated heterocycles. The Kier molecular flexibility index (Phi) is 5.49. The molecule has 1 atom stereocenters. The number of methoxy groups -OCH3 is 2. The minimum atomic E-state index is -1.16. The van der Waals surface area contributed by atoms with E-state index in [0.29, 0.717) is 10.9 Å². The van der Waals surface area contributed by atoms with Gasteiger partial charge in [0.2, 0.25) is 0 Å². The van der Waals surface area contributed by atoms with E-state index in [1.54, 1.807) is 24.3 Å². The van der Waals surface area contributed by atoms with Crippen LogP contribution in [0.1, 0.15) is 33.8 Å². The molecular weight excluding hydrogens is 380 g/mol. The van der Waals surface area contributed by atoms with Crippen LogP contribution in [-0.2, 0) is 14.3 Å². The second kappa shape index (κ2) is 8.01. The number of para-hydroxylation sites is 1. The first-order chi connectivity index (χ1) is 13.9. The summed E-state index contributed by atoms with van der Waals surface area (Å²) >= 11 is 0. The third kappa shape index (κ3) is 3.75. The average Bonchev–Trinajstić information content (AvgIpc) is 2.72. The normalized spacial score (nSPS) is 11.8. The van der Waals surface area contributed by atoms with Gasteiger partial charge >= 0.3 is 11.9 Å². The van der Waals surface area contributed by atoms with Crippen molar-refractivity contribution >= 4 is 22.8 Å². The van der Waals surface area contributed by atoms with E-state index in [-0.39, 0.29) is 16.7 Å². The largest absolute Gasteiger partial charge is 0.506 e. The summed E-state index contributed by atoms with van der Waals surface area (Å²) in [5.41, 5.74) is -1.26. The van der Waals surface area contributed by atoms with Gasteiger partial charge in [0.15, 0.2) is 0 Å². The number of aromatic hydroxyl groups is 1. The van der Waals surface area contributed by atoms with E-state index in [0.717, 1.165) is 13.3 Å². The number of aromatic nitrogens is 2. The van der Waals surface area contributed by atoms with E-state index in [9.17, 15) is 24.3 Å². The van der Waals surface area contributed by atoms with Crippen molar-refractivity contribution in [3.63, 3.8) is 0 Å². The van der Waals surface area contributed by atoms with Crippen molar-refractivity contribution in [3.05, 3.63) is 73.9 Å². The van der Waals surface area contributed by atoms with Gasteiger partial charge < -0.3 is 24.5 Å². The van der Waals surface area contributed by atoms with E-state index in [2.05, 4.69) is 14.7 Å². The van der Waals surface area contributed by atoms with Crippen molar-refractivity contribution in [1.82, 2.24) is 9.97 Å². The maximum absolute atomic E-state index is 12.7. The van der Waals surface area contributed by atoms with Crippen LogP contribution in [-0.4, -0.2) is 41.2 Å². The number of carbonyl (C=O) groups is 2. The zero-order valence-electron chi connectivity index (χ0n) is 15.6. The standard InChI is InChI=1S/C20H18N2O7/c1-28-15(23)8-11(12-7-10-5-3-4-6-14(10)22-18(12)25)16-17(24)13(20(27)29-2)9-21-19(16)26/h3-7,9,11H,8H2,1-2H3,(H,22,25)(H2,21,24,26)/t11-/m1/s1. The smallest absolute Gasteiger partial charge is 0.343 e. The first kappa shape index (κ1) is 19.9. The maximum Gasteiger partial charge on any atom is 0.343 e. The number of H-pyrrole nitrogens is 2. The second-order valence-electron chi connectivity index (χ2n) is 6.26. The fourth-order valence-electron chi connectivity index (χ4n) is 3.17. The van der Waals surface area contributed by atoms with Gasteiger partial charge in [-0.15, -0.1) is 0 Å². The number of rotatable bonds is 5. The van der Waals surface area contributed by atoms with E-state index < -0.39 is 41.1 Å². The number of fused-ring (bicyclic) bond motifs is 1. The van der Waals surface area contributed by atoms with Gasteiger partial charge in [0.25, 0.3) is 11.1 Å². The van der Waals surface area contributed by atoms with Crippen LogP contribution in [0.15, 0.2) is 46.1 Å². The quantitative estimate of drug-likeness (QED) is 0.552. The second-order valence-corrected chi connectivity index (χ2v) is 6.26. The van der Waals surface area contributed by atoms with Gasteiger partial charge in [-0.2, -0.15) is 0 Å². The highest BCUT2D eigenvalue weighted by Gasteiger charge is 2.30. The van der Waals surface area contributed by atoms with Crippen LogP contribution in [0.2, 0.25) is 0 Å².